The lowest BCUT2D eigenvalue weighted by atomic mass is 9.31. The van der Waals surface area contributed by atoms with Crippen LogP contribution in [0.3, 0.4) is 0 Å². The van der Waals surface area contributed by atoms with Crippen molar-refractivity contribution in [1.29, 1.82) is 0 Å². The highest BCUT2D eigenvalue weighted by molar-refractivity contribution is 8.00. The van der Waals surface area contributed by atoms with Crippen molar-refractivity contribution in [3.8, 4) is 44.8 Å². The summed E-state index contributed by atoms with van der Waals surface area (Å²) in [5.74, 6) is 0. The van der Waals surface area contributed by atoms with Crippen LogP contribution < -0.4 is 57.3 Å². The molecule has 0 aliphatic carbocycles. The van der Waals surface area contributed by atoms with E-state index in [0.717, 1.165) is 130 Å². The standard InChI is InChI=1S/C94H63B2N7S/c1-7-32-64(33-8-1)72-46-31-47-73(65-34-9-2-10-35-65)94(72)103-86-63-90-79(62-78(86)95-76-48-21-25-54-84(76)101(69-42-17-6-18-43-69)87-58-70(59-88(103)92(87)95)99(66-36-11-3-12-37-66)67-38-13-4-14-39-67)96-77-49-22-26-55-85(77)102(83-53-24-20-45-75(83)81-51-28-30-57-98-81)89-60-71(61-91(104-90)93(89)96)100(68-40-15-5-16-41-68)82-52-23-19-44-74(82)80-50-27-29-56-97-80/h1-63H. The first-order valence-corrected chi connectivity index (χ1v) is 36.3. The number of hydrogen-bond acceptors (Lipinski definition) is 8. The molecule has 6 heterocycles. The molecule has 0 fully saturated rings. The van der Waals surface area contributed by atoms with Crippen LogP contribution in [0, 0.1) is 0 Å². The van der Waals surface area contributed by atoms with Crippen molar-refractivity contribution in [2.24, 2.45) is 0 Å². The van der Waals surface area contributed by atoms with Crippen LogP contribution in [-0.2, 0) is 0 Å². The van der Waals surface area contributed by atoms with Crippen LogP contribution in [0.1, 0.15) is 0 Å². The Hall–Kier alpha value is -13.1. The van der Waals surface area contributed by atoms with E-state index in [4.69, 9.17) is 9.97 Å². The Balaban J connectivity index is 0.909. The van der Waals surface area contributed by atoms with E-state index >= 15 is 0 Å². The third kappa shape index (κ3) is 10.1. The Labute approximate surface area is 610 Å². The number of fused-ring (bicyclic) bond motifs is 8. The molecule has 104 heavy (non-hydrogen) atoms. The van der Waals surface area contributed by atoms with Gasteiger partial charge in [-0.1, -0.05) is 260 Å². The van der Waals surface area contributed by atoms with Gasteiger partial charge in [0.15, 0.2) is 0 Å². The number of anilines is 15. The molecule has 4 aliphatic heterocycles. The highest BCUT2D eigenvalue weighted by atomic mass is 32.2. The lowest BCUT2D eigenvalue weighted by Crippen LogP contribution is -2.64. The molecule has 0 N–H and O–H groups in total. The monoisotopic (exact) mass is 1340 g/mol. The Morgan fingerprint density at radius 3 is 1.29 bits per heavy atom. The molecule has 7 nitrogen and oxygen atoms in total. The summed E-state index contributed by atoms with van der Waals surface area (Å²) in [4.78, 5) is 25.0. The molecule has 14 aromatic carbocycles. The molecule has 0 atom stereocenters. The lowest BCUT2D eigenvalue weighted by Gasteiger charge is -2.46. The van der Waals surface area contributed by atoms with Crippen LogP contribution in [0.4, 0.5) is 85.3 Å². The van der Waals surface area contributed by atoms with Gasteiger partial charge in [-0.2, -0.15) is 0 Å². The molecule has 0 unspecified atom stereocenters. The Morgan fingerprint density at radius 1 is 0.260 bits per heavy atom. The molecule has 4 aliphatic rings. The zero-order chi connectivity index (χ0) is 68.6. The van der Waals surface area contributed by atoms with Gasteiger partial charge in [0.2, 0.25) is 6.71 Å². The normalized spacial score (nSPS) is 12.7. The van der Waals surface area contributed by atoms with Crippen LogP contribution in [0.5, 0.6) is 0 Å². The minimum atomic E-state index is -0.222. The van der Waals surface area contributed by atoms with Gasteiger partial charge in [0.25, 0.3) is 6.71 Å². The molecule has 0 bridgehead atoms. The number of pyridine rings is 2. The topological polar surface area (TPSA) is 42.0 Å². The number of rotatable bonds is 13. The SMILES string of the molecule is c1ccc(-c2cccc(-c3ccccc3)c2N2c3cc4c(cc3B3c5ccccc5N(c5ccccc5)c5cc(N(c6ccccc6)c6ccccc6)cc2c53)B2c3ccccc3N(c3ccccc3-c3ccccn3)c3cc(N(c5ccccc5)c5ccccc5-c5ccccn5)cc(c32)S4)cc1. The zero-order valence-corrected chi connectivity index (χ0v) is 57.4. The predicted molar refractivity (Wildman–Crippen MR) is 437 cm³/mol. The Bertz CT molecular complexity index is 5850. The van der Waals surface area contributed by atoms with Gasteiger partial charge in [-0.25, -0.2) is 0 Å². The van der Waals surface area contributed by atoms with Crippen LogP contribution in [0.25, 0.3) is 44.8 Å². The van der Waals surface area contributed by atoms with E-state index in [0.29, 0.717) is 0 Å². The molecule has 0 radical (unpaired) electrons. The third-order valence-corrected chi connectivity index (χ3v) is 22.1. The number of aromatic nitrogens is 2. The molecule has 486 valence electrons. The highest BCUT2D eigenvalue weighted by Gasteiger charge is 2.48. The predicted octanol–water partition coefficient (Wildman–Crippen LogP) is 20.9. The van der Waals surface area contributed by atoms with Gasteiger partial charge in [-0.3, -0.25) is 9.97 Å². The van der Waals surface area contributed by atoms with E-state index in [-0.39, 0.29) is 13.4 Å². The Kier molecular flexibility index (Phi) is 14.9. The molecular formula is C94H63B2N7S. The molecule has 0 saturated heterocycles. The summed E-state index contributed by atoms with van der Waals surface area (Å²) in [5, 5.41) is 0. The highest BCUT2D eigenvalue weighted by Crippen LogP contribution is 2.55. The molecule has 2 aromatic heterocycles. The molecule has 20 rings (SSSR count). The van der Waals surface area contributed by atoms with Crippen LogP contribution in [0.15, 0.2) is 392 Å². The number of hydrogen-bond donors (Lipinski definition) is 0. The second-order valence-electron chi connectivity index (χ2n) is 26.7. The van der Waals surface area contributed by atoms with E-state index in [9.17, 15) is 0 Å². The van der Waals surface area contributed by atoms with Gasteiger partial charge in [0.1, 0.15) is 0 Å². The van der Waals surface area contributed by atoms with Crippen molar-refractivity contribution >= 4 is 143 Å². The first-order chi connectivity index (χ1) is 51.7. The van der Waals surface area contributed by atoms with E-state index < -0.39 is 0 Å². The zero-order valence-electron chi connectivity index (χ0n) is 56.6. The fraction of sp³-hybridized carbons (Fsp3) is 0. The van der Waals surface area contributed by atoms with E-state index in [1.165, 1.54) is 42.6 Å². The van der Waals surface area contributed by atoms with Crippen molar-refractivity contribution in [3.05, 3.63) is 382 Å². The largest absolute Gasteiger partial charge is 0.311 e. The first kappa shape index (κ1) is 60.8. The summed E-state index contributed by atoms with van der Waals surface area (Å²) in [6, 6.07) is 136. The van der Waals surface area contributed by atoms with Gasteiger partial charge in [-0.05, 0) is 166 Å². The van der Waals surface area contributed by atoms with Crippen LogP contribution in [-0.4, -0.2) is 23.4 Å². The average molecular weight is 1340 g/mol. The van der Waals surface area contributed by atoms with Crippen molar-refractivity contribution in [1.82, 2.24) is 9.97 Å². The van der Waals surface area contributed by atoms with E-state index in [1.54, 1.807) is 0 Å². The average Bonchev–Trinajstić information content (AvgIpc) is 0.685. The van der Waals surface area contributed by atoms with Crippen molar-refractivity contribution in [3.63, 3.8) is 0 Å². The maximum atomic E-state index is 5.05. The van der Waals surface area contributed by atoms with Crippen molar-refractivity contribution in [2.45, 2.75) is 9.79 Å². The van der Waals surface area contributed by atoms with Gasteiger partial charge in [0.05, 0.1) is 34.1 Å². The fourth-order valence-corrected chi connectivity index (χ4v) is 17.8. The maximum Gasteiger partial charge on any atom is 0.252 e. The summed E-state index contributed by atoms with van der Waals surface area (Å²) in [6.07, 6.45) is 3.79. The molecule has 10 heteroatoms. The molecule has 0 amide bonds. The molecular weight excluding hydrogens is 1280 g/mol. The van der Waals surface area contributed by atoms with E-state index in [1.807, 2.05) is 36.3 Å². The summed E-state index contributed by atoms with van der Waals surface area (Å²) in [5.41, 5.74) is 32.0. The minimum absolute atomic E-state index is 0.200. The van der Waals surface area contributed by atoms with Gasteiger partial charge >= 0.3 is 0 Å². The second-order valence-corrected chi connectivity index (χ2v) is 27.8. The van der Waals surface area contributed by atoms with Gasteiger partial charge in [0, 0.05) is 107 Å². The number of benzene rings is 14. The smallest absolute Gasteiger partial charge is 0.252 e. The lowest BCUT2D eigenvalue weighted by molar-refractivity contribution is 1.21. The van der Waals surface area contributed by atoms with Crippen LogP contribution in [0.2, 0.25) is 0 Å². The summed E-state index contributed by atoms with van der Waals surface area (Å²) in [6.45, 7) is -0.422. The number of para-hydroxylation sites is 9. The van der Waals surface area contributed by atoms with Crippen LogP contribution >= 0.6 is 11.8 Å². The molecule has 16 aromatic rings. The maximum absolute atomic E-state index is 5.05. The second kappa shape index (κ2) is 25.5. The molecule has 0 saturated carbocycles. The minimum Gasteiger partial charge on any atom is -0.311 e. The van der Waals surface area contributed by atoms with Crippen molar-refractivity contribution < 1.29 is 0 Å². The molecule has 0 spiro atoms. The van der Waals surface area contributed by atoms with Gasteiger partial charge < -0.3 is 24.5 Å². The quantitative estimate of drug-likeness (QED) is 0.106. The first-order valence-electron chi connectivity index (χ1n) is 35.5. The van der Waals surface area contributed by atoms with Crippen molar-refractivity contribution in [2.75, 3.05) is 24.5 Å². The van der Waals surface area contributed by atoms with E-state index in [2.05, 4.69) is 382 Å². The number of nitrogens with zero attached hydrogens (tertiary/aromatic N) is 7. The summed E-state index contributed by atoms with van der Waals surface area (Å²) in [7, 11) is 0. The fourth-order valence-electron chi connectivity index (χ4n) is 16.6. The van der Waals surface area contributed by atoms with Gasteiger partial charge in [-0.15, -0.1) is 0 Å². The summed E-state index contributed by atoms with van der Waals surface area (Å²) >= 11 is 1.89. The third-order valence-electron chi connectivity index (χ3n) is 20.9. The summed E-state index contributed by atoms with van der Waals surface area (Å²) < 4.78 is 0. The Morgan fingerprint density at radius 2 is 0.702 bits per heavy atom.